The van der Waals surface area contributed by atoms with E-state index in [0.717, 1.165) is 23.3 Å². The summed E-state index contributed by atoms with van der Waals surface area (Å²) in [7, 11) is 0. The van der Waals surface area contributed by atoms with Crippen LogP contribution in [-0.2, 0) is 13.0 Å². The quantitative estimate of drug-likeness (QED) is 0.573. The minimum absolute atomic E-state index is 0.0288. The molecular formula is C23H22ClFN2O4. The van der Waals surface area contributed by atoms with Crippen LogP contribution in [-0.4, -0.2) is 23.8 Å². The Labute approximate surface area is 184 Å². The molecule has 6 nitrogen and oxygen atoms in total. The molecule has 1 aromatic heterocycles. The molecule has 1 N–H and O–H groups in total. The van der Waals surface area contributed by atoms with Crippen molar-refractivity contribution in [3.8, 4) is 22.8 Å². The monoisotopic (exact) mass is 444 g/mol. The summed E-state index contributed by atoms with van der Waals surface area (Å²) in [4.78, 5) is 13.0. The topological polar surface area (TPSA) is 73.6 Å². The Hall–Kier alpha value is -3.06. The number of hydrogen-bond donors (Lipinski definition) is 1. The van der Waals surface area contributed by atoms with E-state index in [4.69, 9.17) is 25.6 Å². The van der Waals surface area contributed by atoms with E-state index in [2.05, 4.69) is 10.5 Å². The van der Waals surface area contributed by atoms with Crippen LogP contribution in [0.5, 0.6) is 11.5 Å². The molecule has 0 saturated heterocycles. The first kappa shape index (κ1) is 21.2. The van der Waals surface area contributed by atoms with Gasteiger partial charge in [0.05, 0.1) is 17.2 Å². The summed E-state index contributed by atoms with van der Waals surface area (Å²) in [5.41, 5.74) is 2.09. The first-order chi connectivity index (χ1) is 14.9. The molecule has 1 aliphatic rings. The molecule has 1 unspecified atom stereocenters. The summed E-state index contributed by atoms with van der Waals surface area (Å²) < 4.78 is 31.2. The molecule has 0 bridgehead atoms. The third kappa shape index (κ3) is 4.10. The standard InChI is InChI=1S/C23H22ClFN2O4/c1-4-29-18-9-14-8-12(2)30-19(14)10-15(18)11-26-23(28)20-13(3)31-27-22(20)21-16(24)6-5-7-17(21)25/h5-7,9-10,12H,4,8,11H2,1-3H3,(H,26,28). The van der Waals surface area contributed by atoms with Gasteiger partial charge in [0.15, 0.2) is 0 Å². The molecule has 1 atom stereocenters. The molecule has 3 aromatic rings. The fourth-order valence-corrected chi connectivity index (χ4v) is 3.96. The summed E-state index contributed by atoms with van der Waals surface area (Å²) in [6, 6.07) is 8.12. The van der Waals surface area contributed by atoms with E-state index in [-0.39, 0.29) is 40.3 Å². The zero-order valence-corrected chi connectivity index (χ0v) is 18.2. The van der Waals surface area contributed by atoms with Crippen LogP contribution in [0.2, 0.25) is 5.02 Å². The normalized spacial score (nSPS) is 14.8. The van der Waals surface area contributed by atoms with Crippen molar-refractivity contribution in [2.24, 2.45) is 0 Å². The molecule has 0 radical (unpaired) electrons. The smallest absolute Gasteiger partial charge is 0.257 e. The number of amides is 1. The van der Waals surface area contributed by atoms with E-state index >= 15 is 0 Å². The minimum Gasteiger partial charge on any atom is -0.494 e. The summed E-state index contributed by atoms with van der Waals surface area (Å²) in [5.74, 6) is 0.713. The van der Waals surface area contributed by atoms with Crippen molar-refractivity contribution >= 4 is 17.5 Å². The number of carbonyl (C=O) groups excluding carboxylic acids is 1. The molecule has 0 fully saturated rings. The lowest BCUT2D eigenvalue weighted by Gasteiger charge is -2.13. The Kier molecular flexibility index (Phi) is 5.87. The van der Waals surface area contributed by atoms with Gasteiger partial charge in [-0.2, -0.15) is 0 Å². The predicted molar refractivity (Wildman–Crippen MR) is 114 cm³/mol. The van der Waals surface area contributed by atoms with Gasteiger partial charge in [-0.25, -0.2) is 4.39 Å². The minimum atomic E-state index is -0.585. The number of aryl methyl sites for hydroxylation is 1. The lowest BCUT2D eigenvalue weighted by molar-refractivity contribution is 0.0949. The van der Waals surface area contributed by atoms with E-state index in [9.17, 15) is 9.18 Å². The molecule has 8 heteroatoms. The highest BCUT2D eigenvalue weighted by Crippen LogP contribution is 2.36. The van der Waals surface area contributed by atoms with Gasteiger partial charge in [0, 0.05) is 24.1 Å². The average Bonchev–Trinajstić information content (AvgIpc) is 3.27. The van der Waals surface area contributed by atoms with Gasteiger partial charge in [-0.1, -0.05) is 22.8 Å². The Morgan fingerprint density at radius 2 is 2.19 bits per heavy atom. The van der Waals surface area contributed by atoms with Crippen LogP contribution in [0.4, 0.5) is 4.39 Å². The number of carbonyl (C=O) groups is 1. The SMILES string of the molecule is CCOc1cc2c(cc1CNC(=O)c1c(-c3c(F)cccc3Cl)noc1C)OC(C)C2. The highest BCUT2D eigenvalue weighted by atomic mass is 35.5. The van der Waals surface area contributed by atoms with Crippen LogP contribution < -0.4 is 14.8 Å². The first-order valence-corrected chi connectivity index (χ1v) is 10.4. The second-order valence-corrected chi connectivity index (χ2v) is 7.78. The van der Waals surface area contributed by atoms with Gasteiger partial charge in [-0.3, -0.25) is 4.79 Å². The molecular weight excluding hydrogens is 423 g/mol. The predicted octanol–water partition coefficient (Wildman–Crippen LogP) is 5.09. The summed E-state index contributed by atoms with van der Waals surface area (Å²) in [6.07, 6.45) is 0.913. The van der Waals surface area contributed by atoms with Gasteiger partial charge in [0.25, 0.3) is 5.91 Å². The van der Waals surface area contributed by atoms with Crippen LogP contribution in [0.25, 0.3) is 11.3 Å². The van der Waals surface area contributed by atoms with Gasteiger partial charge in [0.1, 0.15) is 40.4 Å². The van der Waals surface area contributed by atoms with Crippen molar-refractivity contribution < 1.29 is 23.2 Å². The number of benzene rings is 2. The third-order valence-electron chi connectivity index (χ3n) is 5.11. The fourth-order valence-electron chi connectivity index (χ4n) is 3.71. The Morgan fingerprint density at radius 3 is 2.94 bits per heavy atom. The Balaban J connectivity index is 1.61. The number of aromatic nitrogens is 1. The van der Waals surface area contributed by atoms with Crippen molar-refractivity contribution in [1.82, 2.24) is 10.5 Å². The number of rotatable bonds is 6. The van der Waals surface area contributed by atoms with Crippen molar-refractivity contribution in [2.45, 2.75) is 39.8 Å². The molecule has 0 spiro atoms. The van der Waals surface area contributed by atoms with Crippen LogP contribution >= 0.6 is 11.6 Å². The maximum atomic E-state index is 14.4. The lowest BCUT2D eigenvalue weighted by atomic mass is 10.0. The molecule has 0 saturated carbocycles. The van der Waals surface area contributed by atoms with Crippen molar-refractivity contribution in [3.63, 3.8) is 0 Å². The van der Waals surface area contributed by atoms with E-state index in [1.165, 1.54) is 18.2 Å². The Bertz CT molecular complexity index is 1120. The highest BCUT2D eigenvalue weighted by Gasteiger charge is 2.26. The molecule has 2 heterocycles. The number of fused-ring (bicyclic) bond motifs is 1. The van der Waals surface area contributed by atoms with E-state index < -0.39 is 11.7 Å². The van der Waals surface area contributed by atoms with E-state index in [1.807, 2.05) is 26.0 Å². The van der Waals surface area contributed by atoms with Gasteiger partial charge in [-0.05, 0) is 45.0 Å². The van der Waals surface area contributed by atoms with Crippen molar-refractivity contribution in [1.29, 1.82) is 0 Å². The number of hydrogen-bond acceptors (Lipinski definition) is 5. The van der Waals surface area contributed by atoms with E-state index in [0.29, 0.717) is 12.4 Å². The van der Waals surface area contributed by atoms with Crippen LogP contribution in [0, 0.1) is 12.7 Å². The number of nitrogens with one attached hydrogen (secondary N) is 1. The van der Waals surface area contributed by atoms with Gasteiger partial charge >= 0.3 is 0 Å². The first-order valence-electron chi connectivity index (χ1n) is 10.0. The summed E-state index contributed by atoms with van der Waals surface area (Å²) in [5, 5.41) is 6.88. The van der Waals surface area contributed by atoms with Crippen LogP contribution in [0.15, 0.2) is 34.9 Å². The maximum absolute atomic E-state index is 14.4. The maximum Gasteiger partial charge on any atom is 0.257 e. The zero-order chi connectivity index (χ0) is 22.1. The van der Waals surface area contributed by atoms with Gasteiger partial charge < -0.3 is 19.3 Å². The molecule has 4 rings (SSSR count). The highest BCUT2D eigenvalue weighted by molar-refractivity contribution is 6.33. The largest absolute Gasteiger partial charge is 0.494 e. The fraction of sp³-hybridized carbons (Fsp3) is 0.304. The Morgan fingerprint density at radius 1 is 1.39 bits per heavy atom. The molecule has 1 aliphatic heterocycles. The third-order valence-corrected chi connectivity index (χ3v) is 5.42. The number of ether oxygens (including phenoxy) is 2. The zero-order valence-electron chi connectivity index (χ0n) is 17.4. The van der Waals surface area contributed by atoms with Crippen molar-refractivity contribution in [2.75, 3.05) is 6.61 Å². The summed E-state index contributed by atoms with van der Waals surface area (Å²) in [6.45, 7) is 6.19. The van der Waals surface area contributed by atoms with Gasteiger partial charge in [-0.15, -0.1) is 0 Å². The van der Waals surface area contributed by atoms with Gasteiger partial charge in [0.2, 0.25) is 0 Å². The summed E-state index contributed by atoms with van der Waals surface area (Å²) >= 11 is 6.16. The second kappa shape index (κ2) is 8.59. The second-order valence-electron chi connectivity index (χ2n) is 7.37. The number of nitrogens with zero attached hydrogens (tertiary/aromatic N) is 1. The lowest BCUT2D eigenvalue weighted by Crippen LogP contribution is -2.24. The van der Waals surface area contributed by atoms with Crippen molar-refractivity contribution in [3.05, 3.63) is 63.6 Å². The number of halogens is 2. The molecule has 162 valence electrons. The van der Waals surface area contributed by atoms with Crippen LogP contribution in [0.1, 0.15) is 41.1 Å². The molecule has 31 heavy (non-hydrogen) atoms. The van der Waals surface area contributed by atoms with E-state index in [1.54, 1.807) is 6.92 Å². The molecule has 2 aromatic carbocycles. The van der Waals surface area contributed by atoms with Crippen LogP contribution in [0.3, 0.4) is 0 Å². The molecule has 0 aliphatic carbocycles. The average molecular weight is 445 g/mol. The molecule has 1 amide bonds.